The second kappa shape index (κ2) is 6.38. The van der Waals surface area contributed by atoms with Crippen molar-refractivity contribution in [2.24, 2.45) is 0 Å². The van der Waals surface area contributed by atoms with Crippen molar-refractivity contribution in [1.82, 2.24) is 0 Å². The van der Waals surface area contributed by atoms with Gasteiger partial charge in [0.05, 0.1) is 21.1 Å². The molecule has 0 radical (unpaired) electrons. The van der Waals surface area contributed by atoms with Crippen molar-refractivity contribution in [3.63, 3.8) is 0 Å². The van der Waals surface area contributed by atoms with E-state index in [9.17, 15) is 0 Å². The van der Waals surface area contributed by atoms with Crippen molar-refractivity contribution >= 4 is 22.6 Å². The van der Waals surface area contributed by atoms with E-state index in [0.717, 1.165) is 11.0 Å². The highest BCUT2D eigenvalue weighted by atomic mass is 127. The molecular weight excluding hydrogens is 273 g/mol. The first kappa shape index (κ1) is 12.9. The molecule has 0 spiro atoms. The fourth-order valence-corrected chi connectivity index (χ4v) is 1.13. The van der Waals surface area contributed by atoms with E-state index in [2.05, 4.69) is 74.1 Å². The molecule has 13 heavy (non-hydrogen) atoms. The number of quaternary nitrogens is 1. The van der Waals surface area contributed by atoms with Gasteiger partial charge >= 0.3 is 0 Å². The molecule has 0 N–H and O–H groups in total. The van der Waals surface area contributed by atoms with Crippen LogP contribution < -0.4 is 0 Å². The van der Waals surface area contributed by atoms with Crippen LogP contribution in [0, 0.1) is 0 Å². The van der Waals surface area contributed by atoms with Crippen LogP contribution in [0.1, 0.15) is 5.56 Å². The van der Waals surface area contributed by atoms with E-state index < -0.39 is 0 Å². The molecule has 0 aliphatic rings. The van der Waals surface area contributed by atoms with Gasteiger partial charge in [-0.15, -0.1) is 0 Å². The maximum Gasteiger partial charge on any atom is 0.104 e. The summed E-state index contributed by atoms with van der Waals surface area (Å²) in [5.41, 5.74) is 1.40. The first-order valence-electron chi connectivity index (χ1n) is 4.30. The molecule has 0 heterocycles. The van der Waals surface area contributed by atoms with Gasteiger partial charge in [0.2, 0.25) is 0 Å². The second-order valence-corrected chi connectivity index (χ2v) is 3.93. The third kappa shape index (κ3) is 7.02. The van der Waals surface area contributed by atoms with E-state index in [1.165, 1.54) is 5.56 Å². The standard InChI is InChI=1S/C10H16N.CH3I/c1-11(2,3)9-10-7-5-4-6-8-10;1-2/h4-8H,9H2,1-3H3;1H3/q+1;. The highest BCUT2D eigenvalue weighted by Crippen LogP contribution is 2.04. The highest BCUT2D eigenvalue weighted by molar-refractivity contribution is 14.1. The summed E-state index contributed by atoms with van der Waals surface area (Å²) in [6.07, 6.45) is 0. The number of hydrogen-bond acceptors (Lipinski definition) is 0. The summed E-state index contributed by atoms with van der Waals surface area (Å²) in [7, 11) is 6.60. The smallest absolute Gasteiger partial charge is 0.104 e. The Balaban J connectivity index is 0.000000671. The molecule has 0 amide bonds. The molecule has 0 fully saturated rings. The summed E-state index contributed by atoms with van der Waals surface area (Å²) in [4.78, 5) is 1.97. The first-order valence-corrected chi connectivity index (χ1v) is 6.46. The summed E-state index contributed by atoms with van der Waals surface area (Å²) in [5.74, 6) is 0. The molecule has 2 heteroatoms. The van der Waals surface area contributed by atoms with Crippen molar-refractivity contribution in [1.29, 1.82) is 0 Å². The molecule has 0 aliphatic carbocycles. The Morgan fingerprint density at radius 1 is 1.00 bits per heavy atom. The van der Waals surface area contributed by atoms with E-state index in [4.69, 9.17) is 0 Å². The summed E-state index contributed by atoms with van der Waals surface area (Å²) in [6, 6.07) is 10.6. The van der Waals surface area contributed by atoms with E-state index >= 15 is 0 Å². The second-order valence-electron chi connectivity index (χ2n) is 3.93. The maximum absolute atomic E-state index is 2.20. The topological polar surface area (TPSA) is 0 Å². The van der Waals surface area contributed by atoms with Gasteiger partial charge in [0, 0.05) is 5.56 Å². The van der Waals surface area contributed by atoms with Crippen LogP contribution in [-0.4, -0.2) is 30.6 Å². The van der Waals surface area contributed by atoms with E-state index in [1.807, 2.05) is 4.93 Å². The lowest BCUT2D eigenvalue weighted by Gasteiger charge is -2.23. The fourth-order valence-electron chi connectivity index (χ4n) is 1.13. The van der Waals surface area contributed by atoms with Crippen LogP contribution in [0.25, 0.3) is 0 Å². The number of halogens is 1. The van der Waals surface area contributed by atoms with Crippen molar-refractivity contribution in [2.45, 2.75) is 6.54 Å². The largest absolute Gasteiger partial charge is 0.327 e. The van der Waals surface area contributed by atoms with Gasteiger partial charge in [-0.3, -0.25) is 0 Å². The minimum atomic E-state index is 0.990. The van der Waals surface area contributed by atoms with Crippen molar-refractivity contribution < 1.29 is 4.48 Å². The third-order valence-electron chi connectivity index (χ3n) is 1.50. The number of hydrogen-bond donors (Lipinski definition) is 0. The third-order valence-corrected chi connectivity index (χ3v) is 1.50. The highest BCUT2D eigenvalue weighted by Gasteiger charge is 2.06. The van der Waals surface area contributed by atoms with Crippen LogP contribution in [0.5, 0.6) is 0 Å². The molecular formula is C11H19IN+. The lowest BCUT2D eigenvalue weighted by molar-refractivity contribution is -0.884. The predicted molar refractivity (Wildman–Crippen MR) is 68.1 cm³/mol. The zero-order chi connectivity index (χ0) is 10.3. The molecule has 0 atom stereocenters. The molecule has 0 unspecified atom stereocenters. The number of rotatable bonds is 2. The molecule has 0 aromatic heterocycles. The normalized spacial score (nSPS) is 10.2. The van der Waals surface area contributed by atoms with E-state index in [1.54, 1.807) is 0 Å². The summed E-state index contributed by atoms with van der Waals surface area (Å²) < 4.78 is 0.990. The Morgan fingerprint density at radius 2 is 1.46 bits per heavy atom. The molecule has 0 saturated heterocycles. The van der Waals surface area contributed by atoms with Crippen LogP contribution in [0.3, 0.4) is 0 Å². The minimum absolute atomic E-state index is 0.990. The molecule has 74 valence electrons. The van der Waals surface area contributed by atoms with Gasteiger partial charge in [-0.1, -0.05) is 52.9 Å². The zero-order valence-electron chi connectivity index (χ0n) is 8.92. The SMILES string of the molecule is CI.C[N+](C)(C)Cc1ccccc1. The zero-order valence-corrected chi connectivity index (χ0v) is 11.1. The van der Waals surface area contributed by atoms with Gasteiger partial charge in [0.15, 0.2) is 0 Å². The number of alkyl halides is 1. The van der Waals surface area contributed by atoms with Gasteiger partial charge < -0.3 is 4.48 Å². The van der Waals surface area contributed by atoms with Crippen molar-refractivity contribution in [3.8, 4) is 0 Å². The molecule has 1 aromatic carbocycles. The van der Waals surface area contributed by atoms with Crippen molar-refractivity contribution in [2.75, 3.05) is 26.1 Å². The van der Waals surface area contributed by atoms with Gasteiger partial charge in [0.1, 0.15) is 6.54 Å². The molecule has 0 bridgehead atoms. The fraction of sp³-hybridized carbons (Fsp3) is 0.455. The quantitative estimate of drug-likeness (QED) is 0.447. The van der Waals surface area contributed by atoms with Gasteiger partial charge in [-0.05, 0) is 4.93 Å². The Hall–Kier alpha value is -0.0900. The lowest BCUT2D eigenvalue weighted by atomic mass is 10.2. The van der Waals surface area contributed by atoms with Gasteiger partial charge in [0.25, 0.3) is 0 Å². The summed E-state index contributed by atoms with van der Waals surface area (Å²) in [6.45, 7) is 1.10. The Kier molecular flexibility index (Phi) is 6.33. The molecule has 1 rings (SSSR count). The molecule has 1 nitrogen and oxygen atoms in total. The Morgan fingerprint density at radius 3 is 1.85 bits per heavy atom. The molecule has 1 aromatic rings. The van der Waals surface area contributed by atoms with Crippen LogP contribution in [0.15, 0.2) is 30.3 Å². The average molecular weight is 292 g/mol. The van der Waals surface area contributed by atoms with Gasteiger partial charge in [-0.2, -0.15) is 0 Å². The van der Waals surface area contributed by atoms with Crippen LogP contribution in [-0.2, 0) is 6.54 Å². The molecule has 0 aliphatic heterocycles. The van der Waals surface area contributed by atoms with Crippen LogP contribution >= 0.6 is 22.6 Å². The van der Waals surface area contributed by atoms with Crippen LogP contribution in [0.4, 0.5) is 0 Å². The Bertz CT molecular complexity index is 213. The monoisotopic (exact) mass is 292 g/mol. The molecule has 0 saturated carbocycles. The minimum Gasteiger partial charge on any atom is -0.327 e. The van der Waals surface area contributed by atoms with Crippen LogP contribution in [0.2, 0.25) is 0 Å². The van der Waals surface area contributed by atoms with E-state index in [0.29, 0.717) is 0 Å². The van der Waals surface area contributed by atoms with Gasteiger partial charge in [-0.25, -0.2) is 0 Å². The summed E-state index contributed by atoms with van der Waals surface area (Å²) in [5, 5.41) is 0. The van der Waals surface area contributed by atoms with Crippen molar-refractivity contribution in [3.05, 3.63) is 35.9 Å². The predicted octanol–water partition coefficient (Wildman–Crippen LogP) is 2.94. The first-order chi connectivity index (χ1) is 6.08. The lowest BCUT2D eigenvalue weighted by Crippen LogP contribution is -2.33. The average Bonchev–Trinajstić information content (AvgIpc) is 2.07. The number of benzene rings is 1. The van der Waals surface area contributed by atoms with E-state index in [-0.39, 0.29) is 0 Å². The summed E-state index contributed by atoms with van der Waals surface area (Å²) >= 11 is 2.15. The Labute approximate surface area is 95.5 Å². The maximum atomic E-state index is 2.20. The number of nitrogens with zero attached hydrogens (tertiary/aromatic N) is 1.